The molecule has 0 unspecified atom stereocenters. The van der Waals surface area contributed by atoms with Crippen LogP contribution in [-0.2, 0) is 16.8 Å². The lowest BCUT2D eigenvalue weighted by Gasteiger charge is -2.30. The lowest BCUT2D eigenvalue weighted by molar-refractivity contribution is -0.127. The van der Waals surface area contributed by atoms with E-state index in [-0.39, 0.29) is 11.9 Å². The Morgan fingerprint density at radius 1 is 1.27 bits per heavy atom. The highest BCUT2D eigenvalue weighted by molar-refractivity contribution is 5.89. The molecule has 0 spiro atoms. The number of carbonyl (C=O) groups is 1. The predicted octanol–water partition coefficient (Wildman–Crippen LogP) is 2.31. The minimum atomic E-state index is -0.518. The predicted molar refractivity (Wildman–Crippen MR) is 97.3 cm³/mol. The van der Waals surface area contributed by atoms with E-state index in [0.717, 1.165) is 31.2 Å². The average molecular weight is 358 g/mol. The highest BCUT2D eigenvalue weighted by atomic mass is 16.5. The number of nitrogens with one attached hydrogen (secondary N) is 1. The Kier molecular flexibility index (Phi) is 5.44. The van der Waals surface area contributed by atoms with Gasteiger partial charge in [0.2, 0.25) is 5.91 Å². The minimum Gasteiger partial charge on any atom is -0.493 e. The number of carbonyl (C=O) groups excluding carboxylic acids is 1. The highest BCUT2D eigenvalue weighted by Crippen LogP contribution is 2.44. The molecule has 1 heterocycles. The quantitative estimate of drug-likeness (QED) is 0.822. The number of rotatable bonds is 7. The summed E-state index contributed by atoms with van der Waals surface area (Å²) in [5.41, 5.74) is 0.467. The number of hydrogen-bond donors (Lipinski definition) is 1. The fourth-order valence-corrected chi connectivity index (χ4v) is 3.77. The van der Waals surface area contributed by atoms with Crippen molar-refractivity contribution in [2.24, 2.45) is 0 Å². The van der Waals surface area contributed by atoms with E-state index in [2.05, 4.69) is 15.4 Å². The van der Waals surface area contributed by atoms with Crippen molar-refractivity contribution in [3.8, 4) is 11.5 Å². The molecular formula is C19H26N4O3. The van der Waals surface area contributed by atoms with Gasteiger partial charge in [0.1, 0.15) is 12.7 Å². The topological polar surface area (TPSA) is 78.3 Å². The van der Waals surface area contributed by atoms with Crippen LogP contribution in [0.25, 0.3) is 0 Å². The van der Waals surface area contributed by atoms with Crippen molar-refractivity contribution in [1.29, 1.82) is 0 Å². The van der Waals surface area contributed by atoms with Gasteiger partial charge in [-0.1, -0.05) is 18.9 Å². The summed E-state index contributed by atoms with van der Waals surface area (Å²) in [6.45, 7) is 2.57. The van der Waals surface area contributed by atoms with Gasteiger partial charge in [0, 0.05) is 6.04 Å². The van der Waals surface area contributed by atoms with Gasteiger partial charge in [-0.3, -0.25) is 9.48 Å². The van der Waals surface area contributed by atoms with Crippen LogP contribution < -0.4 is 14.8 Å². The lowest BCUT2D eigenvalue weighted by Crippen LogP contribution is -2.47. The Morgan fingerprint density at radius 3 is 2.62 bits per heavy atom. The van der Waals surface area contributed by atoms with Gasteiger partial charge in [-0.05, 0) is 37.5 Å². The maximum atomic E-state index is 13.2. The monoisotopic (exact) mass is 358 g/mol. The third-order valence-corrected chi connectivity index (χ3v) is 5.13. The molecule has 26 heavy (non-hydrogen) atoms. The summed E-state index contributed by atoms with van der Waals surface area (Å²) >= 11 is 0. The summed E-state index contributed by atoms with van der Waals surface area (Å²) in [7, 11) is 3.23. The Bertz CT molecular complexity index is 739. The molecule has 0 bridgehead atoms. The Balaban J connectivity index is 1.82. The van der Waals surface area contributed by atoms with Gasteiger partial charge < -0.3 is 14.8 Å². The van der Waals surface area contributed by atoms with Crippen molar-refractivity contribution < 1.29 is 14.3 Å². The van der Waals surface area contributed by atoms with Crippen molar-refractivity contribution in [3.63, 3.8) is 0 Å². The summed E-state index contributed by atoms with van der Waals surface area (Å²) in [5.74, 6) is 1.39. The van der Waals surface area contributed by atoms with Gasteiger partial charge in [-0.2, -0.15) is 5.10 Å². The molecule has 0 aliphatic heterocycles. The van der Waals surface area contributed by atoms with Crippen LogP contribution in [0.1, 0.15) is 38.2 Å². The van der Waals surface area contributed by atoms with E-state index in [0.29, 0.717) is 18.0 Å². The summed E-state index contributed by atoms with van der Waals surface area (Å²) in [4.78, 5) is 17.2. The van der Waals surface area contributed by atoms with Gasteiger partial charge in [-0.25, -0.2) is 4.98 Å². The molecule has 1 N–H and O–H groups in total. The van der Waals surface area contributed by atoms with Crippen molar-refractivity contribution >= 4 is 5.91 Å². The molecule has 1 amide bonds. The maximum absolute atomic E-state index is 13.2. The zero-order valence-corrected chi connectivity index (χ0v) is 15.6. The molecule has 1 aliphatic carbocycles. The van der Waals surface area contributed by atoms with Crippen LogP contribution in [0.15, 0.2) is 30.9 Å². The third kappa shape index (κ3) is 3.52. The molecule has 7 nitrogen and oxygen atoms in total. The van der Waals surface area contributed by atoms with E-state index in [1.165, 1.54) is 6.33 Å². The van der Waals surface area contributed by atoms with Crippen LogP contribution in [-0.4, -0.2) is 40.9 Å². The van der Waals surface area contributed by atoms with Crippen LogP contribution in [0.2, 0.25) is 0 Å². The molecular weight excluding hydrogens is 332 g/mol. The molecule has 3 rings (SSSR count). The Labute approximate surface area is 153 Å². The molecule has 2 aromatic rings. The second kappa shape index (κ2) is 7.76. The second-order valence-electron chi connectivity index (χ2n) is 6.85. The van der Waals surface area contributed by atoms with E-state index in [1.807, 2.05) is 25.1 Å². The minimum absolute atomic E-state index is 0.0400. The summed E-state index contributed by atoms with van der Waals surface area (Å²) in [5, 5.41) is 7.27. The molecule has 1 saturated carbocycles. The SMILES string of the molecule is COc1ccc(C2(C(=O)N[C@H](C)Cn3cncn3)CCCC2)cc1OC. The Hall–Kier alpha value is -2.57. The first-order chi connectivity index (χ1) is 12.6. The van der Waals surface area contributed by atoms with Crippen molar-refractivity contribution in [2.45, 2.75) is 50.6 Å². The fraction of sp³-hybridized carbons (Fsp3) is 0.526. The van der Waals surface area contributed by atoms with Crippen LogP contribution >= 0.6 is 0 Å². The zero-order valence-electron chi connectivity index (χ0n) is 15.6. The van der Waals surface area contributed by atoms with Crippen LogP contribution in [0.5, 0.6) is 11.5 Å². The van der Waals surface area contributed by atoms with Gasteiger partial charge in [0.15, 0.2) is 11.5 Å². The standard InChI is InChI=1S/C19H26N4O3/c1-14(11-23-13-20-12-21-23)22-18(24)19(8-4-5-9-19)15-6-7-16(25-2)17(10-15)26-3/h6-7,10,12-14H,4-5,8-9,11H2,1-3H3,(H,22,24)/t14-/m1/s1. The number of nitrogens with zero attached hydrogens (tertiary/aromatic N) is 3. The number of methoxy groups -OCH3 is 2. The van der Waals surface area contributed by atoms with E-state index in [1.54, 1.807) is 25.2 Å². The van der Waals surface area contributed by atoms with Crippen molar-refractivity contribution in [2.75, 3.05) is 14.2 Å². The molecule has 1 atom stereocenters. The van der Waals surface area contributed by atoms with Crippen molar-refractivity contribution in [3.05, 3.63) is 36.4 Å². The first kappa shape index (κ1) is 18.2. The van der Waals surface area contributed by atoms with Gasteiger partial charge in [-0.15, -0.1) is 0 Å². The van der Waals surface area contributed by atoms with Crippen LogP contribution in [0, 0.1) is 0 Å². The number of benzene rings is 1. The van der Waals surface area contributed by atoms with Gasteiger partial charge in [0.25, 0.3) is 0 Å². The van der Waals surface area contributed by atoms with E-state index in [4.69, 9.17) is 9.47 Å². The average Bonchev–Trinajstić information content (AvgIpc) is 3.33. The van der Waals surface area contributed by atoms with Gasteiger partial charge >= 0.3 is 0 Å². The molecule has 1 aliphatic rings. The smallest absolute Gasteiger partial charge is 0.230 e. The number of ether oxygens (including phenoxy) is 2. The highest BCUT2D eigenvalue weighted by Gasteiger charge is 2.43. The summed E-state index contributed by atoms with van der Waals surface area (Å²) < 4.78 is 12.5. The molecule has 0 saturated heterocycles. The summed E-state index contributed by atoms with van der Waals surface area (Å²) in [6.07, 6.45) is 6.91. The molecule has 0 radical (unpaired) electrons. The van der Waals surface area contributed by atoms with E-state index >= 15 is 0 Å². The fourth-order valence-electron chi connectivity index (χ4n) is 3.77. The van der Waals surface area contributed by atoms with E-state index < -0.39 is 5.41 Å². The third-order valence-electron chi connectivity index (χ3n) is 5.13. The molecule has 140 valence electrons. The number of hydrogen-bond acceptors (Lipinski definition) is 5. The van der Waals surface area contributed by atoms with Gasteiger partial charge in [0.05, 0.1) is 26.2 Å². The second-order valence-corrected chi connectivity index (χ2v) is 6.85. The Morgan fingerprint density at radius 2 is 2.00 bits per heavy atom. The zero-order chi connectivity index (χ0) is 18.6. The van der Waals surface area contributed by atoms with Crippen LogP contribution in [0.4, 0.5) is 0 Å². The largest absolute Gasteiger partial charge is 0.493 e. The van der Waals surface area contributed by atoms with Crippen molar-refractivity contribution in [1.82, 2.24) is 20.1 Å². The van der Waals surface area contributed by atoms with Crippen LogP contribution in [0.3, 0.4) is 0 Å². The maximum Gasteiger partial charge on any atom is 0.230 e. The number of amides is 1. The first-order valence-electron chi connectivity index (χ1n) is 8.95. The molecule has 1 aromatic heterocycles. The number of aromatic nitrogens is 3. The molecule has 7 heteroatoms. The van der Waals surface area contributed by atoms with E-state index in [9.17, 15) is 4.79 Å². The molecule has 1 aromatic carbocycles. The summed E-state index contributed by atoms with van der Waals surface area (Å²) in [6, 6.07) is 5.75. The first-order valence-corrected chi connectivity index (χ1v) is 8.95. The lowest BCUT2D eigenvalue weighted by atomic mass is 9.77. The molecule has 1 fully saturated rings. The normalized spacial score (nSPS) is 16.9.